The summed E-state index contributed by atoms with van der Waals surface area (Å²) in [6.45, 7) is 13.2. The van der Waals surface area contributed by atoms with Gasteiger partial charge in [-0.2, -0.15) is 0 Å². The van der Waals surface area contributed by atoms with Crippen molar-refractivity contribution in [1.82, 2.24) is 25.5 Å². The molecule has 0 aliphatic carbocycles. The average molecular weight is 485 g/mol. The monoisotopic (exact) mass is 484 g/mol. The Morgan fingerprint density at radius 2 is 1.61 bits per heavy atom. The van der Waals surface area contributed by atoms with Gasteiger partial charge >= 0.3 is 0 Å². The highest BCUT2D eigenvalue weighted by Gasteiger charge is 2.23. The second-order valence-corrected chi connectivity index (χ2v) is 10.8. The number of nitrogens with zero attached hydrogens (tertiary/aromatic N) is 2. The molecule has 0 bridgehead atoms. The van der Waals surface area contributed by atoms with Crippen molar-refractivity contribution in [3.63, 3.8) is 0 Å². The fraction of sp³-hybridized carbons (Fsp3) is 0.458. The maximum atomic E-state index is 12.4. The van der Waals surface area contributed by atoms with Crippen LogP contribution >= 0.6 is 22.7 Å². The Morgan fingerprint density at radius 3 is 2.24 bits per heavy atom. The van der Waals surface area contributed by atoms with Gasteiger partial charge in [-0.05, 0) is 54.8 Å². The lowest BCUT2D eigenvalue weighted by Crippen LogP contribution is -2.51. The molecule has 2 fully saturated rings. The molecule has 1 atom stereocenters. The molecule has 176 valence electrons. The Morgan fingerprint density at radius 1 is 0.939 bits per heavy atom. The van der Waals surface area contributed by atoms with Crippen LogP contribution in [0.15, 0.2) is 22.9 Å². The Kier molecular flexibility index (Phi) is 6.47. The van der Waals surface area contributed by atoms with Crippen LogP contribution in [0.4, 0.5) is 5.82 Å². The molecule has 6 rings (SSSR count). The number of nitrogens with one attached hydrogen (secondary N) is 4. The zero-order valence-electron chi connectivity index (χ0n) is 19.5. The summed E-state index contributed by atoms with van der Waals surface area (Å²) in [6, 6.07) is 4.63. The Bertz CT molecular complexity index is 1240. The second-order valence-electron chi connectivity index (χ2n) is 9.00. The van der Waals surface area contributed by atoms with Crippen LogP contribution in [0.5, 0.6) is 0 Å². The Hall–Kier alpha value is -2.33. The predicted octanol–water partition coefficient (Wildman–Crippen LogP) is 3.92. The summed E-state index contributed by atoms with van der Waals surface area (Å²) in [5.74, 6) is 1.40. The number of anilines is 1. The van der Waals surface area contributed by atoms with Crippen molar-refractivity contribution in [2.75, 3.05) is 50.7 Å². The number of aromatic amines is 2. The van der Waals surface area contributed by atoms with Crippen LogP contribution in [0, 0.1) is 13.8 Å². The van der Waals surface area contributed by atoms with Crippen molar-refractivity contribution in [2.24, 2.45) is 0 Å². The van der Waals surface area contributed by atoms with Gasteiger partial charge in [0, 0.05) is 51.9 Å². The molecular weight excluding hydrogens is 452 g/mol. The summed E-state index contributed by atoms with van der Waals surface area (Å²) < 4.78 is 2.54. The average Bonchev–Trinajstić information content (AvgIpc) is 3.59. The number of fused-ring (bicyclic) bond motifs is 2. The smallest absolute Gasteiger partial charge is 0.270 e. The molecule has 4 aromatic rings. The zero-order valence-corrected chi connectivity index (χ0v) is 21.1. The van der Waals surface area contributed by atoms with Crippen molar-refractivity contribution < 1.29 is 4.79 Å². The highest BCUT2D eigenvalue weighted by molar-refractivity contribution is 7.17. The fourth-order valence-electron chi connectivity index (χ4n) is 4.53. The topological polar surface area (TPSA) is 79.2 Å². The largest absolute Gasteiger partial charge is 0.356 e. The predicted molar refractivity (Wildman–Crippen MR) is 140 cm³/mol. The molecule has 0 spiro atoms. The van der Waals surface area contributed by atoms with E-state index in [1.165, 1.54) is 31.9 Å². The van der Waals surface area contributed by atoms with E-state index in [-0.39, 0.29) is 5.91 Å². The van der Waals surface area contributed by atoms with Crippen LogP contribution in [-0.2, 0) is 0 Å². The minimum absolute atomic E-state index is 0.117. The molecule has 1 unspecified atom stereocenters. The van der Waals surface area contributed by atoms with Gasteiger partial charge < -0.3 is 30.4 Å². The summed E-state index contributed by atoms with van der Waals surface area (Å²) >= 11 is 3.51. The number of carbonyl (C=O) groups is 1. The van der Waals surface area contributed by atoms with Crippen molar-refractivity contribution in [3.05, 3.63) is 39.7 Å². The highest BCUT2D eigenvalue weighted by atomic mass is 32.1. The molecule has 1 amide bonds. The van der Waals surface area contributed by atoms with Crippen molar-refractivity contribution in [1.29, 1.82) is 0 Å². The minimum Gasteiger partial charge on any atom is -0.356 e. The number of amides is 1. The Balaban J connectivity index is 0.000000140. The molecule has 2 aliphatic rings. The third kappa shape index (κ3) is 4.68. The molecule has 6 heterocycles. The van der Waals surface area contributed by atoms with Gasteiger partial charge in [-0.3, -0.25) is 4.79 Å². The SMILES string of the molecule is Cc1csc2cc(C(=O)N3CCNC(C)C3)[nH]c12.Cc1csc2cc(N3CCNCC3)[nH]c12. The molecule has 0 saturated carbocycles. The summed E-state index contributed by atoms with van der Waals surface area (Å²) in [7, 11) is 0. The first-order chi connectivity index (χ1) is 16.0. The molecule has 33 heavy (non-hydrogen) atoms. The summed E-state index contributed by atoms with van der Waals surface area (Å²) in [6.07, 6.45) is 0. The van der Waals surface area contributed by atoms with Crippen LogP contribution in [-0.4, -0.2) is 72.6 Å². The summed E-state index contributed by atoms with van der Waals surface area (Å²) in [4.78, 5) is 23.5. The van der Waals surface area contributed by atoms with E-state index >= 15 is 0 Å². The third-order valence-electron chi connectivity index (χ3n) is 6.41. The maximum Gasteiger partial charge on any atom is 0.270 e. The molecule has 2 saturated heterocycles. The molecule has 4 N–H and O–H groups in total. The summed E-state index contributed by atoms with van der Waals surface area (Å²) in [5.41, 5.74) is 5.70. The van der Waals surface area contributed by atoms with Gasteiger partial charge in [0.25, 0.3) is 5.91 Å². The first-order valence-corrected chi connectivity index (χ1v) is 13.4. The number of hydrogen-bond donors (Lipinski definition) is 4. The second kappa shape index (κ2) is 9.50. The normalized spacial score (nSPS) is 19.2. The van der Waals surface area contributed by atoms with Gasteiger partial charge in [0.15, 0.2) is 0 Å². The van der Waals surface area contributed by atoms with Crippen molar-refractivity contribution >= 4 is 54.8 Å². The Labute approximate surface area is 202 Å². The quantitative estimate of drug-likeness (QED) is 0.348. The number of piperazine rings is 2. The minimum atomic E-state index is 0.117. The lowest BCUT2D eigenvalue weighted by molar-refractivity contribution is 0.0704. The van der Waals surface area contributed by atoms with Gasteiger partial charge in [-0.1, -0.05) is 0 Å². The molecule has 7 nitrogen and oxygen atoms in total. The first kappa shape index (κ1) is 22.5. The van der Waals surface area contributed by atoms with Gasteiger partial charge in [-0.15, -0.1) is 22.7 Å². The number of carbonyl (C=O) groups excluding carboxylic acids is 1. The van der Waals surface area contributed by atoms with Crippen LogP contribution < -0.4 is 15.5 Å². The van der Waals surface area contributed by atoms with E-state index in [0.717, 1.165) is 51.3 Å². The highest BCUT2D eigenvalue weighted by Crippen LogP contribution is 2.29. The van der Waals surface area contributed by atoms with Gasteiger partial charge in [0.2, 0.25) is 0 Å². The van der Waals surface area contributed by atoms with Crippen LogP contribution in [0.25, 0.3) is 20.4 Å². The van der Waals surface area contributed by atoms with Gasteiger partial charge in [-0.25, -0.2) is 0 Å². The van der Waals surface area contributed by atoms with Crippen LogP contribution in [0.3, 0.4) is 0 Å². The summed E-state index contributed by atoms with van der Waals surface area (Å²) in [5, 5.41) is 11.0. The lowest BCUT2D eigenvalue weighted by Gasteiger charge is -2.31. The number of hydrogen-bond acceptors (Lipinski definition) is 6. The van der Waals surface area contributed by atoms with E-state index in [0.29, 0.717) is 11.7 Å². The molecule has 0 aromatic carbocycles. The zero-order chi connectivity index (χ0) is 22.9. The number of aromatic nitrogens is 2. The van der Waals surface area contributed by atoms with E-state index in [4.69, 9.17) is 0 Å². The van der Waals surface area contributed by atoms with Crippen molar-refractivity contribution in [3.8, 4) is 0 Å². The number of rotatable bonds is 2. The third-order valence-corrected chi connectivity index (χ3v) is 8.50. The molecular formula is C24H32N6OS2. The van der Waals surface area contributed by atoms with E-state index in [2.05, 4.69) is 63.1 Å². The molecule has 2 aliphatic heterocycles. The van der Waals surface area contributed by atoms with E-state index < -0.39 is 0 Å². The number of H-pyrrole nitrogens is 2. The van der Waals surface area contributed by atoms with E-state index in [1.54, 1.807) is 11.3 Å². The van der Waals surface area contributed by atoms with Crippen LogP contribution in [0.1, 0.15) is 28.5 Å². The van der Waals surface area contributed by atoms with E-state index in [1.807, 2.05) is 22.3 Å². The van der Waals surface area contributed by atoms with Gasteiger partial charge in [0.1, 0.15) is 11.5 Å². The van der Waals surface area contributed by atoms with Crippen molar-refractivity contribution in [2.45, 2.75) is 26.8 Å². The molecule has 0 radical (unpaired) electrons. The van der Waals surface area contributed by atoms with E-state index in [9.17, 15) is 4.79 Å². The fourth-order valence-corrected chi connectivity index (χ4v) is 6.40. The standard InChI is InChI=1S/C13H17N3OS.C11H15N3S/c1-8-7-18-11-5-10(15-12(8)11)13(17)16-4-3-14-9(2)6-16;1-8-7-15-9-6-10(13-11(8)9)14-4-2-12-3-5-14/h5,7,9,14-15H,3-4,6H2,1-2H3;6-7,12-13H,2-5H2,1H3. The maximum absolute atomic E-state index is 12.4. The lowest BCUT2D eigenvalue weighted by atomic mass is 10.2. The van der Waals surface area contributed by atoms with Gasteiger partial charge in [0.05, 0.1) is 20.4 Å². The molecule has 9 heteroatoms. The van der Waals surface area contributed by atoms with Crippen LogP contribution in [0.2, 0.25) is 0 Å². The first-order valence-electron chi connectivity index (χ1n) is 11.6. The molecule has 4 aromatic heterocycles. The number of aryl methyl sites for hydroxylation is 2. The number of thiophene rings is 2.